The number of benzene rings is 2. The zero-order valence-electron chi connectivity index (χ0n) is 13.8. The van der Waals surface area contributed by atoms with Crippen molar-refractivity contribution in [2.45, 2.75) is 18.6 Å². The third-order valence-corrected chi connectivity index (χ3v) is 5.48. The molecule has 0 aliphatic carbocycles. The number of halogens is 2. The van der Waals surface area contributed by atoms with Crippen LogP contribution in [0.2, 0.25) is 5.02 Å². The summed E-state index contributed by atoms with van der Waals surface area (Å²) in [6.07, 6.45) is 2.48. The van der Waals surface area contributed by atoms with E-state index in [0.717, 1.165) is 18.8 Å². The van der Waals surface area contributed by atoms with Crippen molar-refractivity contribution in [3.05, 3.63) is 58.9 Å². The van der Waals surface area contributed by atoms with E-state index in [-0.39, 0.29) is 17.5 Å². The Morgan fingerprint density at radius 2 is 1.88 bits per heavy atom. The van der Waals surface area contributed by atoms with Gasteiger partial charge in [0, 0.05) is 40.8 Å². The zero-order chi connectivity index (χ0) is 17.6. The molecule has 1 N–H and O–H groups in total. The standard InChI is InChI=1S/C19H20ClFN2OS/c20-17-4-3-5-18(21)16(17)12-25-13-19(24)22-14-6-8-15(9-7-14)23-10-1-2-11-23/h3-9H,1-2,10-13H2,(H,22,24). The van der Waals surface area contributed by atoms with Crippen molar-refractivity contribution in [2.24, 2.45) is 0 Å². The molecule has 2 aromatic carbocycles. The Morgan fingerprint density at radius 1 is 1.16 bits per heavy atom. The van der Waals surface area contributed by atoms with Crippen LogP contribution in [-0.2, 0) is 10.5 Å². The fraction of sp³-hybridized carbons (Fsp3) is 0.316. The molecule has 3 rings (SSSR count). The van der Waals surface area contributed by atoms with E-state index >= 15 is 0 Å². The first-order valence-corrected chi connectivity index (χ1v) is 9.82. The number of hydrogen-bond donors (Lipinski definition) is 1. The quantitative estimate of drug-likeness (QED) is 0.771. The van der Waals surface area contributed by atoms with Gasteiger partial charge in [-0.05, 0) is 49.2 Å². The van der Waals surface area contributed by atoms with Crippen LogP contribution in [0, 0.1) is 5.82 Å². The van der Waals surface area contributed by atoms with Gasteiger partial charge in [0.25, 0.3) is 0 Å². The number of anilines is 2. The van der Waals surface area contributed by atoms with E-state index in [1.165, 1.54) is 36.4 Å². The maximum Gasteiger partial charge on any atom is 0.234 e. The molecule has 0 radical (unpaired) electrons. The summed E-state index contributed by atoms with van der Waals surface area (Å²) in [6, 6.07) is 12.5. The summed E-state index contributed by atoms with van der Waals surface area (Å²) in [5.74, 6) is 0.176. The van der Waals surface area contributed by atoms with Crippen molar-refractivity contribution < 1.29 is 9.18 Å². The number of hydrogen-bond acceptors (Lipinski definition) is 3. The molecule has 132 valence electrons. The van der Waals surface area contributed by atoms with Gasteiger partial charge >= 0.3 is 0 Å². The Labute approximate surface area is 156 Å². The van der Waals surface area contributed by atoms with Crippen molar-refractivity contribution in [3.63, 3.8) is 0 Å². The number of carbonyl (C=O) groups is 1. The largest absolute Gasteiger partial charge is 0.372 e. The Balaban J connectivity index is 1.47. The highest BCUT2D eigenvalue weighted by molar-refractivity contribution is 7.99. The van der Waals surface area contributed by atoms with Crippen LogP contribution in [0.25, 0.3) is 0 Å². The van der Waals surface area contributed by atoms with Gasteiger partial charge in [-0.15, -0.1) is 11.8 Å². The number of carbonyl (C=O) groups excluding carboxylic acids is 1. The van der Waals surface area contributed by atoms with Gasteiger partial charge < -0.3 is 10.2 Å². The summed E-state index contributed by atoms with van der Waals surface area (Å²) in [6.45, 7) is 2.20. The maximum absolute atomic E-state index is 13.7. The van der Waals surface area contributed by atoms with Gasteiger partial charge in [0.1, 0.15) is 5.82 Å². The Hall–Kier alpha value is -1.72. The molecule has 1 heterocycles. The molecule has 0 saturated carbocycles. The lowest BCUT2D eigenvalue weighted by molar-refractivity contribution is -0.113. The molecule has 0 bridgehead atoms. The van der Waals surface area contributed by atoms with Gasteiger partial charge in [-0.25, -0.2) is 4.39 Å². The Bertz CT molecular complexity index is 712. The maximum atomic E-state index is 13.7. The first-order chi connectivity index (χ1) is 12.1. The average molecular weight is 379 g/mol. The van der Waals surface area contributed by atoms with E-state index in [1.54, 1.807) is 12.1 Å². The summed E-state index contributed by atoms with van der Waals surface area (Å²) in [7, 11) is 0. The highest BCUT2D eigenvalue weighted by Crippen LogP contribution is 2.25. The minimum absolute atomic E-state index is 0.105. The first-order valence-electron chi connectivity index (χ1n) is 8.29. The van der Waals surface area contributed by atoms with Crippen molar-refractivity contribution in [2.75, 3.05) is 29.1 Å². The predicted molar refractivity (Wildman–Crippen MR) is 104 cm³/mol. The molecular weight excluding hydrogens is 359 g/mol. The van der Waals surface area contributed by atoms with E-state index in [0.29, 0.717) is 16.3 Å². The molecule has 1 saturated heterocycles. The molecule has 2 aromatic rings. The summed E-state index contributed by atoms with van der Waals surface area (Å²) >= 11 is 7.33. The van der Waals surface area contributed by atoms with E-state index in [1.807, 2.05) is 24.3 Å². The number of rotatable bonds is 6. The monoisotopic (exact) mass is 378 g/mol. The van der Waals surface area contributed by atoms with Crippen LogP contribution in [0.5, 0.6) is 0 Å². The molecule has 0 atom stereocenters. The molecule has 1 aliphatic heterocycles. The highest BCUT2D eigenvalue weighted by Gasteiger charge is 2.12. The molecule has 1 amide bonds. The Kier molecular flexibility index (Phi) is 6.21. The van der Waals surface area contributed by atoms with E-state index < -0.39 is 0 Å². The highest BCUT2D eigenvalue weighted by atomic mass is 35.5. The normalized spacial score (nSPS) is 13.9. The zero-order valence-corrected chi connectivity index (χ0v) is 15.4. The summed E-state index contributed by atoms with van der Waals surface area (Å²) < 4.78 is 13.7. The summed E-state index contributed by atoms with van der Waals surface area (Å²) in [5.41, 5.74) is 2.41. The molecule has 0 spiro atoms. The number of amides is 1. The molecule has 3 nitrogen and oxygen atoms in total. The molecule has 25 heavy (non-hydrogen) atoms. The van der Waals surface area contributed by atoms with Crippen LogP contribution in [0.4, 0.5) is 15.8 Å². The first kappa shape index (κ1) is 18.1. The smallest absolute Gasteiger partial charge is 0.234 e. The van der Waals surface area contributed by atoms with Gasteiger partial charge in [-0.3, -0.25) is 4.79 Å². The third-order valence-electron chi connectivity index (χ3n) is 4.16. The topological polar surface area (TPSA) is 32.3 Å². The fourth-order valence-corrected chi connectivity index (χ4v) is 4.01. The third kappa shape index (κ3) is 4.89. The molecule has 1 aliphatic rings. The summed E-state index contributed by atoms with van der Waals surface area (Å²) in [4.78, 5) is 14.4. The Morgan fingerprint density at radius 3 is 2.56 bits per heavy atom. The van der Waals surface area contributed by atoms with Crippen molar-refractivity contribution in [1.82, 2.24) is 0 Å². The minimum Gasteiger partial charge on any atom is -0.372 e. The van der Waals surface area contributed by atoms with Crippen LogP contribution in [0.3, 0.4) is 0 Å². The lowest BCUT2D eigenvalue weighted by Gasteiger charge is -2.17. The van der Waals surface area contributed by atoms with Crippen LogP contribution < -0.4 is 10.2 Å². The van der Waals surface area contributed by atoms with Crippen molar-refractivity contribution in [1.29, 1.82) is 0 Å². The second-order valence-electron chi connectivity index (χ2n) is 5.98. The van der Waals surface area contributed by atoms with E-state index in [4.69, 9.17) is 11.6 Å². The fourth-order valence-electron chi connectivity index (χ4n) is 2.84. The number of nitrogens with one attached hydrogen (secondary N) is 1. The van der Waals surface area contributed by atoms with Gasteiger partial charge in [0.15, 0.2) is 0 Å². The summed E-state index contributed by atoms with van der Waals surface area (Å²) in [5, 5.41) is 3.26. The minimum atomic E-state index is -0.335. The lowest BCUT2D eigenvalue weighted by atomic mass is 10.2. The van der Waals surface area contributed by atoms with E-state index in [9.17, 15) is 9.18 Å². The average Bonchev–Trinajstić information content (AvgIpc) is 3.13. The van der Waals surface area contributed by atoms with Crippen molar-refractivity contribution >= 4 is 40.6 Å². The van der Waals surface area contributed by atoms with Crippen LogP contribution in [0.15, 0.2) is 42.5 Å². The molecular formula is C19H20ClFN2OS. The van der Waals surface area contributed by atoms with Gasteiger partial charge in [0.05, 0.1) is 5.75 Å². The SMILES string of the molecule is O=C(CSCc1c(F)cccc1Cl)Nc1ccc(N2CCCC2)cc1. The van der Waals surface area contributed by atoms with Gasteiger partial charge in [0.2, 0.25) is 5.91 Å². The molecule has 6 heteroatoms. The van der Waals surface area contributed by atoms with Crippen molar-refractivity contribution in [3.8, 4) is 0 Å². The van der Waals surface area contributed by atoms with Crippen LogP contribution in [-0.4, -0.2) is 24.7 Å². The van der Waals surface area contributed by atoms with Gasteiger partial charge in [-0.2, -0.15) is 0 Å². The van der Waals surface area contributed by atoms with Gasteiger partial charge in [-0.1, -0.05) is 17.7 Å². The van der Waals surface area contributed by atoms with Crippen LogP contribution in [0.1, 0.15) is 18.4 Å². The number of nitrogens with zero attached hydrogens (tertiary/aromatic N) is 1. The molecule has 0 aromatic heterocycles. The predicted octanol–water partition coefficient (Wildman–Crippen LogP) is 4.95. The second-order valence-corrected chi connectivity index (χ2v) is 7.38. The molecule has 0 unspecified atom stereocenters. The number of thioether (sulfide) groups is 1. The van der Waals surface area contributed by atoms with Crippen LogP contribution >= 0.6 is 23.4 Å². The lowest BCUT2D eigenvalue weighted by Crippen LogP contribution is -2.18. The van der Waals surface area contributed by atoms with E-state index in [2.05, 4.69) is 10.2 Å². The molecule has 1 fully saturated rings. The second kappa shape index (κ2) is 8.59.